The van der Waals surface area contributed by atoms with Crippen LogP contribution in [0.5, 0.6) is 5.75 Å². The summed E-state index contributed by atoms with van der Waals surface area (Å²) in [6.45, 7) is 1.54. The van der Waals surface area contributed by atoms with E-state index >= 15 is 0 Å². The Morgan fingerprint density at radius 3 is 2.64 bits per heavy atom. The number of nitrogens with one attached hydrogen (secondary N) is 1. The molecule has 1 aromatic carbocycles. The van der Waals surface area contributed by atoms with Gasteiger partial charge in [-0.2, -0.15) is 5.06 Å². The molecule has 1 fully saturated rings. The van der Waals surface area contributed by atoms with E-state index in [9.17, 15) is 19.9 Å². The number of aliphatic hydroxyl groups is 1. The first-order chi connectivity index (χ1) is 11.5. The standard InChI is InChI=1S/C16H21N3O5.ClH/c1-17-6-2-8-24-10-3-4-11-12(9-10)15(21)19(14(11)20)13-5-7-18(23)16(13)22;/h3-4,9,13,16-17,22-23H,2,5-8H2,1H3;1H. The van der Waals surface area contributed by atoms with Crippen molar-refractivity contribution in [1.82, 2.24) is 15.3 Å². The van der Waals surface area contributed by atoms with Crippen molar-refractivity contribution >= 4 is 24.2 Å². The van der Waals surface area contributed by atoms with Gasteiger partial charge in [0, 0.05) is 6.54 Å². The molecule has 2 unspecified atom stereocenters. The third-order valence-electron chi connectivity index (χ3n) is 4.36. The second-order valence-corrected chi connectivity index (χ2v) is 5.93. The highest BCUT2D eigenvalue weighted by Crippen LogP contribution is 2.32. The summed E-state index contributed by atoms with van der Waals surface area (Å²) in [5, 5.41) is 23.2. The van der Waals surface area contributed by atoms with Crippen LogP contribution < -0.4 is 10.1 Å². The van der Waals surface area contributed by atoms with Gasteiger partial charge < -0.3 is 20.4 Å². The van der Waals surface area contributed by atoms with Crippen LogP contribution in [0.4, 0.5) is 0 Å². The molecule has 0 aromatic heterocycles. The number of amides is 2. The van der Waals surface area contributed by atoms with Gasteiger partial charge in [-0.15, -0.1) is 12.4 Å². The number of carbonyl (C=O) groups excluding carboxylic acids is 2. The lowest BCUT2D eigenvalue weighted by molar-refractivity contribution is -0.179. The molecule has 3 N–H and O–H groups in total. The third-order valence-corrected chi connectivity index (χ3v) is 4.36. The largest absolute Gasteiger partial charge is 0.494 e. The molecule has 2 amide bonds. The molecule has 0 saturated carbocycles. The summed E-state index contributed by atoms with van der Waals surface area (Å²) in [4.78, 5) is 26.1. The normalized spacial score (nSPS) is 22.9. The first-order valence-corrected chi connectivity index (χ1v) is 7.97. The summed E-state index contributed by atoms with van der Waals surface area (Å²) in [5.41, 5.74) is 0.570. The monoisotopic (exact) mass is 371 g/mol. The van der Waals surface area contributed by atoms with Gasteiger partial charge in [0.05, 0.1) is 23.8 Å². The van der Waals surface area contributed by atoms with Crippen molar-refractivity contribution in [1.29, 1.82) is 0 Å². The number of imide groups is 1. The Bertz CT molecular complexity index is 657. The lowest BCUT2D eigenvalue weighted by Gasteiger charge is -2.25. The molecule has 9 heteroatoms. The first-order valence-electron chi connectivity index (χ1n) is 7.97. The number of fused-ring (bicyclic) bond motifs is 1. The highest BCUT2D eigenvalue weighted by Gasteiger charge is 2.46. The fraction of sp³-hybridized carbons (Fsp3) is 0.500. The van der Waals surface area contributed by atoms with Crippen LogP contribution >= 0.6 is 12.4 Å². The number of hydrogen-bond donors (Lipinski definition) is 3. The molecule has 1 saturated heterocycles. The van der Waals surface area contributed by atoms with Gasteiger partial charge in [0.25, 0.3) is 11.8 Å². The van der Waals surface area contributed by atoms with Crippen LogP contribution in [0.3, 0.4) is 0 Å². The molecule has 2 aliphatic heterocycles. The van der Waals surface area contributed by atoms with Gasteiger partial charge in [-0.05, 0) is 44.6 Å². The van der Waals surface area contributed by atoms with Crippen molar-refractivity contribution in [2.45, 2.75) is 25.1 Å². The van der Waals surface area contributed by atoms with Crippen molar-refractivity contribution in [2.75, 3.05) is 26.7 Å². The number of halogens is 1. The van der Waals surface area contributed by atoms with Crippen LogP contribution in [0.1, 0.15) is 33.6 Å². The van der Waals surface area contributed by atoms with Gasteiger partial charge in [-0.3, -0.25) is 14.5 Å². The van der Waals surface area contributed by atoms with E-state index in [2.05, 4.69) is 5.32 Å². The number of nitrogens with zero attached hydrogens (tertiary/aromatic N) is 2. The van der Waals surface area contributed by atoms with E-state index in [-0.39, 0.29) is 24.5 Å². The zero-order valence-corrected chi connectivity index (χ0v) is 14.7. The summed E-state index contributed by atoms with van der Waals surface area (Å²) >= 11 is 0. The Labute approximate surface area is 151 Å². The van der Waals surface area contributed by atoms with Crippen molar-refractivity contribution in [3.63, 3.8) is 0 Å². The first kappa shape index (κ1) is 19.6. The van der Waals surface area contributed by atoms with Gasteiger partial charge >= 0.3 is 0 Å². The second kappa shape index (κ2) is 8.11. The third kappa shape index (κ3) is 3.63. The number of hydroxylamine groups is 2. The lowest BCUT2D eigenvalue weighted by Crippen LogP contribution is -2.47. The van der Waals surface area contributed by atoms with Gasteiger partial charge in [0.2, 0.25) is 0 Å². The molecule has 2 aliphatic rings. The smallest absolute Gasteiger partial charge is 0.262 e. The Morgan fingerprint density at radius 2 is 2.00 bits per heavy atom. The fourth-order valence-corrected chi connectivity index (χ4v) is 3.08. The maximum atomic E-state index is 12.6. The topological polar surface area (TPSA) is 102 Å². The minimum absolute atomic E-state index is 0. The molecule has 25 heavy (non-hydrogen) atoms. The predicted molar refractivity (Wildman–Crippen MR) is 91.1 cm³/mol. The van der Waals surface area contributed by atoms with Crippen LogP contribution in [0, 0.1) is 0 Å². The average molecular weight is 372 g/mol. The lowest BCUT2D eigenvalue weighted by atomic mass is 10.1. The van der Waals surface area contributed by atoms with E-state index in [1.165, 1.54) is 0 Å². The zero-order valence-electron chi connectivity index (χ0n) is 13.8. The second-order valence-electron chi connectivity index (χ2n) is 5.93. The van der Waals surface area contributed by atoms with Crippen LogP contribution in [-0.4, -0.2) is 71.1 Å². The van der Waals surface area contributed by atoms with Crippen molar-refractivity contribution in [2.24, 2.45) is 0 Å². The minimum Gasteiger partial charge on any atom is -0.494 e. The van der Waals surface area contributed by atoms with E-state index in [0.717, 1.165) is 22.9 Å². The molecule has 3 rings (SSSR count). The Balaban J connectivity index is 0.00000225. The molecule has 2 atom stereocenters. The van der Waals surface area contributed by atoms with Crippen molar-refractivity contribution in [3.05, 3.63) is 29.3 Å². The highest BCUT2D eigenvalue weighted by molar-refractivity contribution is 6.21. The maximum Gasteiger partial charge on any atom is 0.262 e. The number of benzene rings is 1. The molecule has 0 aliphatic carbocycles. The number of aliphatic hydroxyl groups excluding tert-OH is 1. The average Bonchev–Trinajstić information content (AvgIpc) is 3.02. The highest BCUT2D eigenvalue weighted by atomic mass is 35.5. The fourth-order valence-electron chi connectivity index (χ4n) is 3.08. The van der Waals surface area contributed by atoms with Gasteiger partial charge in [0.15, 0.2) is 0 Å². The Morgan fingerprint density at radius 1 is 1.28 bits per heavy atom. The summed E-state index contributed by atoms with van der Waals surface area (Å²) < 4.78 is 5.60. The van der Waals surface area contributed by atoms with Gasteiger partial charge in [0.1, 0.15) is 12.0 Å². The van der Waals surface area contributed by atoms with Gasteiger partial charge in [-0.1, -0.05) is 0 Å². The van der Waals surface area contributed by atoms with Crippen LogP contribution in [0.2, 0.25) is 0 Å². The minimum atomic E-state index is -1.26. The summed E-state index contributed by atoms with van der Waals surface area (Å²) in [6.07, 6.45) is -0.103. The van der Waals surface area contributed by atoms with Crippen LogP contribution in [-0.2, 0) is 0 Å². The van der Waals surface area contributed by atoms with E-state index in [4.69, 9.17) is 4.74 Å². The molecule has 8 nitrogen and oxygen atoms in total. The molecule has 2 heterocycles. The van der Waals surface area contributed by atoms with Crippen LogP contribution in [0.15, 0.2) is 18.2 Å². The van der Waals surface area contributed by atoms with E-state index < -0.39 is 24.1 Å². The number of rotatable bonds is 6. The summed E-state index contributed by atoms with van der Waals surface area (Å²) in [7, 11) is 1.86. The summed E-state index contributed by atoms with van der Waals surface area (Å²) in [5.74, 6) is -0.380. The quantitative estimate of drug-likeness (QED) is 0.493. The Hall–Kier alpha value is -1.71. The maximum absolute atomic E-state index is 12.6. The van der Waals surface area contributed by atoms with Crippen molar-refractivity contribution < 1.29 is 24.6 Å². The SMILES string of the molecule is CNCCCOc1ccc2c(c1)C(=O)N(C1CCN(O)C1O)C2=O.Cl. The Kier molecular flexibility index (Phi) is 6.36. The molecule has 0 bridgehead atoms. The number of ether oxygens (including phenoxy) is 1. The molecule has 0 spiro atoms. The molecule has 138 valence electrons. The number of hydrogen-bond acceptors (Lipinski definition) is 7. The van der Waals surface area contributed by atoms with E-state index in [1.807, 2.05) is 7.05 Å². The molecular formula is C16H22ClN3O5. The number of carbonyl (C=O) groups is 2. The van der Waals surface area contributed by atoms with Gasteiger partial charge in [-0.25, -0.2) is 0 Å². The summed E-state index contributed by atoms with van der Waals surface area (Å²) in [6, 6.07) is 4.05. The predicted octanol–water partition coefficient (Wildman–Crippen LogP) is 0.475. The molecule has 1 aromatic rings. The zero-order chi connectivity index (χ0) is 17.3. The molecule has 0 radical (unpaired) electrons. The van der Waals surface area contributed by atoms with E-state index in [1.54, 1.807) is 18.2 Å². The van der Waals surface area contributed by atoms with E-state index in [0.29, 0.717) is 24.3 Å². The molecular weight excluding hydrogens is 350 g/mol. The van der Waals surface area contributed by atoms with Crippen LogP contribution in [0.25, 0.3) is 0 Å². The van der Waals surface area contributed by atoms with Crippen molar-refractivity contribution in [3.8, 4) is 5.75 Å².